The molecule has 2 heterocycles. The van der Waals surface area contributed by atoms with Gasteiger partial charge in [0.15, 0.2) is 11.7 Å². The Balaban J connectivity index is 1.56. The van der Waals surface area contributed by atoms with Gasteiger partial charge in [0.2, 0.25) is 5.89 Å². The van der Waals surface area contributed by atoms with Crippen LogP contribution in [0.4, 0.5) is 5.82 Å². The third-order valence-electron chi connectivity index (χ3n) is 4.83. The number of fused-ring (bicyclic) bond motifs is 1. The van der Waals surface area contributed by atoms with Gasteiger partial charge in [-0.2, -0.15) is 0 Å². The fourth-order valence-electron chi connectivity index (χ4n) is 3.16. The van der Waals surface area contributed by atoms with Crippen molar-refractivity contribution in [2.75, 3.05) is 5.32 Å². The highest BCUT2D eigenvalue weighted by molar-refractivity contribution is 6.00. The van der Waals surface area contributed by atoms with Crippen LogP contribution < -0.4 is 5.32 Å². The van der Waals surface area contributed by atoms with Crippen LogP contribution in [0.1, 0.15) is 29.3 Å². The number of pyridine rings is 1. The van der Waals surface area contributed by atoms with Crippen molar-refractivity contribution in [1.82, 2.24) is 9.97 Å². The highest BCUT2D eigenvalue weighted by atomic mass is 16.5. The highest BCUT2D eigenvalue weighted by Gasteiger charge is 2.25. The standard InChI is InChI=1S/C24H21N3O4/c1-3-19(22(28)27-21-15(2)9-8-14-25-21)31-24(29)17-11-5-4-10-16(17)23-26-18-12-6-7-13-20(18)30-23/h4-14,19H,3H2,1-2H3,(H,25,27,28). The minimum atomic E-state index is -0.967. The summed E-state index contributed by atoms with van der Waals surface area (Å²) in [5.41, 5.74) is 2.90. The van der Waals surface area contributed by atoms with Gasteiger partial charge >= 0.3 is 5.97 Å². The summed E-state index contributed by atoms with van der Waals surface area (Å²) >= 11 is 0. The fraction of sp³-hybridized carbons (Fsp3) is 0.167. The van der Waals surface area contributed by atoms with Gasteiger partial charge in [0.1, 0.15) is 11.3 Å². The maximum absolute atomic E-state index is 13.0. The summed E-state index contributed by atoms with van der Waals surface area (Å²) in [6, 6.07) is 17.9. The summed E-state index contributed by atoms with van der Waals surface area (Å²) in [4.78, 5) is 34.3. The number of esters is 1. The predicted molar refractivity (Wildman–Crippen MR) is 117 cm³/mol. The molecule has 0 radical (unpaired) electrons. The molecule has 2 aromatic heterocycles. The van der Waals surface area contributed by atoms with Crippen molar-refractivity contribution in [2.24, 2.45) is 0 Å². The van der Waals surface area contributed by atoms with Crippen molar-refractivity contribution in [1.29, 1.82) is 0 Å². The molecular formula is C24H21N3O4. The Bertz CT molecular complexity index is 1220. The van der Waals surface area contributed by atoms with Crippen LogP contribution in [0.15, 0.2) is 71.3 Å². The normalized spacial score (nSPS) is 11.8. The smallest absolute Gasteiger partial charge is 0.339 e. The van der Waals surface area contributed by atoms with Crippen LogP contribution in [0.25, 0.3) is 22.6 Å². The first-order valence-corrected chi connectivity index (χ1v) is 9.95. The van der Waals surface area contributed by atoms with E-state index in [1.807, 2.05) is 37.3 Å². The van der Waals surface area contributed by atoms with E-state index < -0.39 is 18.0 Å². The van der Waals surface area contributed by atoms with E-state index in [-0.39, 0.29) is 5.56 Å². The van der Waals surface area contributed by atoms with E-state index in [1.54, 1.807) is 43.5 Å². The number of amides is 1. The molecule has 7 heteroatoms. The van der Waals surface area contributed by atoms with Gasteiger partial charge in [-0.1, -0.05) is 37.3 Å². The Hall–Kier alpha value is -4.00. The molecule has 4 aromatic rings. The topological polar surface area (TPSA) is 94.3 Å². The van der Waals surface area contributed by atoms with Gasteiger partial charge in [-0.15, -0.1) is 0 Å². The Kier molecular flexibility index (Phi) is 5.75. The number of nitrogens with zero attached hydrogens (tertiary/aromatic N) is 2. The number of aryl methyl sites for hydroxylation is 1. The maximum atomic E-state index is 13.0. The van der Waals surface area contributed by atoms with E-state index in [2.05, 4.69) is 15.3 Å². The maximum Gasteiger partial charge on any atom is 0.339 e. The number of nitrogens with one attached hydrogen (secondary N) is 1. The molecular weight excluding hydrogens is 394 g/mol. The van der Waals surface area contributed by atoms with Gasteiger partial charge in [0, 0.05) is 6.20 Å². The van der Waals surface area contributed by atoms with Crippen LogP contribution in [-0.2, 0) is 9.53 Å². The summed E-state index contributed by atoms with van der Waals surface area (Å²) in [6.07, 6.45) is 0.936. The molecule has 0 fully saturated rings. The van der Waals surface area contributed by atoms with Crippen LogP contribution in [0.2, 0.25) is 0 Å². The quantitative estimate of drug-likeness (QED) is 0.456. The molecule has 0 bridgehead atoms. The molecule has 31 heavy (non-hydrogen) atoms. The zero-order valence-electron chi connectivity index (χ0n) is 17.2. The second kappa shape index (κ2) is 8.79. The zero-order valence-corrected chi connectivity index (χ0v) is 17.2. The van der Waals surface area contributed by atoms with Crippen molar-refractivity contribution in [2.45, 2.75) is 26.4 Å². The van der Waals surface area contributed by atoms with E-state index in [0.717, 1.165) is 5.56 Å². The minimum absolute atomic E-state index is 0.273. The number of rotatable bonds is 6. The van der Waals surface area contributed by atoms with Crippen LogP contribution in [0, 0.1) is 6.92 Å². The number of oxazole rings is 1. The number of para-hydroxylation sites is 2. The zero-order chi connectivity index (χ0) is 21.8. The average Bonchev–Trinajstić information content (AvgIpc) is 3.23. The molecule has 1 N–H and O–H groups in total. The lowest BCUT2D eigenvalue weighted by Crippen LogP contribution is -2.32. The largest absolute Gasteiger partial charge is 0.449 e. The molecule has 7 nitrogen and oxygen atoms in total. The van der Waals surface area contributed by atoms with Gasteiger partial charge in [-0.3, -0.25) is 4.79 Å². The molecule has 0 aliphatic heterocycles. The second-order valence-electron chi connectivity index (χ2n) is 6.99. The molecule has 1 unspecified atom stereocenters. The Morgan fingerprint density at radius 2 is 1.84 bits per heavy atom. The SMILES string of the molecule is CCC(OC(=O)c1ccccc1-c1nc2ccccc2o1)C(=O)Nc1ncccc1C. The van der Waals surface area contributed by atoms with Gasteiger partial charge in [-0.05, 0) is 49.2 Å². The van der Waals surface area contributed by atoms with Crippen LogP contribution >= 0.6 is 0 Å². The number of hydrogen-bond acceptors (Lipinski definition) is 6. The lowest BCUT2D eigenvalue weighted by molar-refractivity contribution is -0.124. The summed E-state index contributed by atoms with van der Waals surface area (Å²) in [6.45, 7) is 3.61. The van der Waals surface area contributed by atoms with E-state index in [4.69, 9.17) is 9.15 Å². The summed E-state index contributed by atoms with van der Waals surface area (Å²) < 4.78 is 11.4. The summed E-state index contributed by atoms with van der Waals surface area (Å²) in [7, 11) is 0. The Labute approximate surface area is 179 Å². The van der Waals surface area contributed by atoms with Crippen molar-refractivity contribution < 1.29 is 18.7 Å². The van der Waals surface area contributed by atoms with Crippen molar-refractivity contribution in [3.8, 4) is 11.5 Å². The summed E-state index contributed by atoms with van der Waals surface area (Å²) in [5.74, 6) is -0.307. The molecule has 0 saturated heterocycles. The molecule has 156 valence electrons. The van der Waals surface area contributed by atoms with Crippen molar-refractivity contribution in [3.63, 3.8) is 0 Å². The average molecular weight is 415 g/mol. The number of carbonyl (C=O) groups excluding carboxylic acids is 2. The predicted octanol–water partition coefficient (Wildman–Crippen LogP) is 4.77. The van der Waals surface area contributed by atoms with Crippen LogP contribution in [0.3, 0.4) is 0 Å². The highest BCUT2D eigenvalue weighted by Crippen LogP contribution is 2.27. The van der Waals surface area contributed by atoms with Crippen LogP contribution in [0.5, 0.6) is 0 Å². The lowest BCUT2D eigenvalue weighted by Gasteiger charge is -2.17. The van der Waals surface area contributed by atoms with E-state index in [0.29, 0.717) is 34.8 Å². The van der Waals surface area contributed by atoms with Gasteiger partial charge in [-0.25, -0.2) is 14.8 Å². The number of anilines is 1. The molecule has 1 atom stereocenters. The number of hydrogen-bond donors (Lipinski definition) is 1. The van der Waals surface area contributed by atoms with E-state index in [9.17, 15) is 9.59 Å². The molecule has 0 saturated carbocycles. The van der Waals surface area contributed by atoms with Crippen molar-refractivity contribution >= 4 is 28.8 Å². The first kappa shape index (κ1) is 20.3. The molecule has 0 aliphatic carbocycles. The molecule has 0 spiro atoms. The van der Waals surface area contributed by atoms with Crippen LogP contribution in [-0.4, -0.2) is 27.9 Å². The summed E-state index contributed by atoms with van der Waals surface area (Å²) in [5, 5.41) is 2.72. The fourth-order valence-corrected chi connectivity index (χ4v) is 3.16. The molecule has 0 aliphatic rings. The monoisotopic (exact) mass is 415 g/mol. The van der Waals surface area contributed by atoms with E-state index >= 15 is 0 Å². The molecule has 2 aromatic carbocycles. The molecule has 1 amide bonds. The Morgan fingerprint density at radius 1 is 1.06 bits per heavy atom. The van der Waals surface area contributed by atoms with Gasteiger partial charge in [0.25, 0.3) is 5.91 Å². The van der Waals surface area contributed by atoms with E-state index in [1.165, 1.54) is 0 Å². The van der Waals surface area contributed by atoms with Gasteiger partial charge in [0.05, 0.1) is 11.1 Å². The minimum Gasteiger partial charge on any atom is -0.449 e. The molecule has 4 rings (SSSR count). The van der Waals surface area contributed by atoms with Crippen molar-refractivity contribution in [3.05, 3.63) is 78.0 Å². The third-order valence-corrected chi connectivity index (χ3v) is 4.83. The third kappa shape index (κ3) is 4.30. The van der Waals surface area contributed by atoms with Gasteiger partial charge < -0.3 is 14.5 Å². The number of benzene rings is 2. The first-order valence-electron chi connectivity index (χ1n) is 9.95. The lowest BCUT2D eigenvalue weighted by atomic mass is 10.1. The number of ether oxygens (including phenoxy) is 1. The number of aromatic nitrogens is 2. The first-order chi connectivity index (χ1) is 15.1. The Morgan fingerprint density at radius 3 is 2.61 bits per heavy atom. The second-order valence-corrected chi connectivity index (χ2v) is 6.99. The number of carbonyl (C=O) groups is 2.